The van der Waals surface area contributed by atoms with Crippen LogP contribution in [0.3, 0.4) is 0 Å². The molecule has 3 aromatic rings. The largest absolute Gasteiger partial charge is 0.395 e. The maximum Gasteiger partial charge on any atom is 0.251 e. The zero-order valence-electron chi connectivity index (χ0n) is 23.8. The Hall–Kier alpha value is -3.23. The highest BCUT2D eigenvalue weighted by molar-refractivity contribution is 7.89. The molecule has 1 aromatic carbocycles. The van der Waals surface area contributed by atoms with Crippen LogP contribution in [0.25, 0.3) is 17.1 Å². The van der Waals surface area contributed by atoms with Crippen molar-refractivity contribution in [1.82, 2.24) is 25.0 Å². The van der Waals surface area contributed by atoms with Crippen LogP contribution in [0.2, 0.25) is 0 Å². The smallest absolute Gasteiger partial charge is 0.251 e. The molecule has 3 fully saturated rings. The summed E-state index contributed by atoms with van der Waals surface area (Å²) in [7, 11) is -4.03. The van der Waals surface area contributed by atoms with Gasteiger partial charge in [0, 0.05) is 44.7 Å². The van der Waals surface area contributed by atoms with Crippen molar-refractivity contribution in [3.8, 4) is 17.1 Å². The summed E-state index contributed by atoms with van der Waals surface area (Å²) in [5, 5.41) is 23.0. The maximum absolute atomic E-state index is 13.7. The van der Waals surface area contributed by atoms with E-state index in [1.807, 2.05) is 13.8 Å². The molecule has 2 aliphatic heterocycles. The van der Waals surface area contributed by atoms with Crippen LogP contribution in [0.4, 0.5) is 20.4 Å². The summed E-state index contributed by atoms with van der Waals surface area (Å²) in [5.74, 6) is -2.28. The Bertz CT molecular complexity index is 1590. The number of benzene rings is 1. The van der Waals surface area contributed by atoms with Crippen molar-refractivity contribution < 1.29 is 22.3 Å². The van der Waals surface area contributed by atoms with Crippen LogP contribution in [-0.2, 0) is 10.0 Å². The Labute approximate surface area is 243 Å². The third-order valence-corrected chi connectivity index (χ3v) is 10.3. The molecule has 42 heavy (non-hydrogen) atoms. The molecule has 0 bridgehead atoms. The number of anilines is 2. The molecule has 4 heterocycles. The van der Waals surface area contributed by atoms with Gasteiger partial charge in [-0.15, -0.1) is 5.10 Å². The summed E-state index contributed by atoms with van der Waals surface area (Å²) in [4.78, 5) is 13.2. The Morgan fingerprint density at radius 3 is 2.24 bits per heavy atom. The number of nitrogens with zero attached hydrogens (tertiary/aromatic N) is 7. The summed E-state index contributed by atoms with van der Waals surface area (Å²) in [6.07, 6.45) is 4.13. The average molecular weight is 603 g/mol. The Balaban J connectivity index is 1.37. The predicted octanol–water partition coefficient (Wildman–Crippen LogP) is 3.28. The van der Waals surface area contributed by atoms with Gasteiger partial charge in [0.15, 0.2) is 0 Å². The summed E-state index contributed by atoms with van der Waals surface area (Å²) >= 11 is 0. The highest BCUT2D eigenvalue weighted by Gasteiger charge is 2.45. The molecule has 2 saturated heterocycles. The Kier molecular flexibility index (Phi) is 7.21. The zero-order valence-corrected chi connectivity index (χ0v) is 24.6. The van der Waals surface area contributed by atoms with Crippen molar-refractivity contribution in [2.24, 2.45) is 10.6 Å². The number of rotatable bonds is 7. The molecule has 1 atom stereocenters. The Morgan fingerprint density at radius 1 is 0.952 bits per heavy atom. The summed E-state index contributed by atoms with van der Waals surface area (Å²) < 4.78 is 53.7. The van der Waals surface area contributed by atoms with Crippen molar-refractivity contribution in [2.75, 3.05) is 42.6 Å². The van der Waals surface area contributed by atoms with Gasteiger partial charge in [0.1, 0.15) is 10.9 Å². The zero-order chi connectivity index (χ0) is 29.9. The van der Waals surface area contributed by atoms with E-state index >= 15 is 0 Å². The van der Waals surface area contributed by atoms with Gasteiger partial charge < -0.3 is 14.9 Å². The Morgan fingerprint density at radius 2 is 1.62 bits per heavy atom. The van der Waals surface area contributed by atoms with Crippen LogP contribution in [0, 0.1) is 19.3 Å². The quantitative estimate of drug-likeness (QED) is 0.416. The van der Waals surface area contributed by atoms with Gasteiger partial charge >= 0.3 is 0 Å². The maximum atomic E-state index is 13.7. The minimum absolute atomic E-state index is 0.168. The van der Waals surface area contributed by atoms with Crippen LogP contribution >= 0.6 is 0 Å². The number of halogens is 2. The number of nitrogens with two attached hydrogens (primary N) is 1. The number of hydrogen-bond donors (Lipinski definition) is 2. The number of aliphatic hydroxyl groups is 1. The normalized spacial score (nSPS) is 20.6. The van der Waals surface area contributed by atoms with E-state index in [-0.39, 0.29) is 25.9 Å². The van der Waals surface area contributed by atoms with Crippen LogP contribution in [0.15, 0.2) is 24.3 Å². The van der Waals surface area contributed by atoms with E-state index in [9.17, 15) is 22.3 Å². The fraction of sp³-hybridized carbons (Fsp3) is 0.571. The molecule has 0 amide bonds. The molecular formula is C28H36F2N8O3S. The van der Waals surface area contributed by atoms with E-state index in [4.69, 9.17) is 5.14 Å². The first-order chi connectivity index (χ1) is 19.9. The number of hydrogen-bond acceptors (Lipinski definition) is 9. The molecule has 1 aliphatic carbocycles. The van der Waals surface area contributed by atoms with Crippen molar-refractivity contribution in [2.45, 2.75) is 63.5 Å². The number of aryl methyl sites for hydroxylation is 1. The lowest BCUT2D eigenvalue weighted by Crippen LogP contribution is -2.40. The highest BCUT2D eigenvalue weighted by Crippen LogP contribution is 2.54. The fourth-order valence-corrected chi connectivity index (χ4v) is 6.85. The fourth-order valence-electron chi connectivity index (χ4n) is 6.11. The average Bonchev–Trinajstić information content (AvgIpc) is 3.57. The van der Waals surface area contributed by atoms with Crippen LogP contribution < -0.4 is 14.9 Å². The van der Waals surface area contributed by atoms with E-state index in [1.54, 1.807) is 33.8 Å². The highest BCUT2D eigenvalue weighted by atomic mass is 32.2. The second-order valence-electron chi connectivity index (χ2n) is 12.0. The van der Waals surface area contributed by atoms with Gasteiger partial charge in [-0.25, -0.2) is 37.0 Å². The summed E-state index contributed by atoms with van der Waals surface area (Å²) in [6, 6.07) is 7.02. The third kappa shape index (κ3) is 5.59. The second-order valence-corrected chi connectivity index (χ2v) is 13.7. The minimum Gasteiger partial charge on any atom is -0.395 e. The number of aliphatic hydroxyl groups excluding tert-OH is 1. The van der Waals surface area contributed by atoms with Gasteiger partial charge in [-0.05, 0) is 68.7 Å². The van der Waals surface area contributed by atoms with Crippen molar-refractivity contribution in [3.05, 3.63) is 41.2 Å². The van der Waals surface area contributed by atoms with Gasteiger partial charge in [0.25, 0.3) is 5.92 Å². The monoisotopic (exact) mass is 602 g/mol. The molecule has 2 aromatic heterocycles. The molecule has 6 rings (SSSR count). The molecule has 1 saturated carbocycles. The SMILES string of the molecule is Cc1cc(-c2nnn(-c3ccc(C(CO)S(N)(=O)=O)cc3N3CCC4(CC3)CC4)c2C)nc(N2CCC(F)(F)CC2)n1. The molecule has 0 radical (unpaired) electrons. The van der Waals surface area contributed by atoms with Gasteiger partial charge in [0.2, 0.25) is 16.0 Å². The van der Waals surface area contributed by atoms with Gasteiger partial charge in [0.05, 0.1) is 29.4 Å². The number of primary sulfonamides is 1. The molecule has 1 unspecified atom stereocenters. The van der Waals surface area contributed by atoms with E-state index in [1.165, 1.54) is 12.8 Å². The first kappa shape index (κ1) is 28.9. The van der Waals surface area contributed by atoms with E-state index in [0.29, 0.717) is 39.7 Å². The van der Waals surface area contributed by atoms with E-state index < -0.39 is 27.8 Å². The van der Waals surface area contributed by atoms with Crippen LogP contribution in [-0.4, -0.2) is 77.2 Å². The molecular weight excluding hydrogens is 566 g/mol. The first-order valence-electron chi connectivity index (χ1n) is 14.3. The molecule has 11 nitrogen and oxygen atoms in total. The number of aromatic nitrogens is 5. The number of alkyl halides is 2. The van der Waals surface area contributed by atoms with Crippen LogP contribution in [0.5, 0.6) is 0 Å². The molecule has 14 heteroatoms. The lowest BCUT2D eigenvalue weighted by atomic mass is 9.93. The van der Waals surface area contributed by atoms with Crippen molar-refractivity contribution >= 4 is 21.7 Å². The van der Waals surface area contributed by atoms with Gasteiger partial charge in [-0.3, -0.25) is 0 Å². The van der Waals surface area contributed by atoms with E-state index in [0.717, 1.165) is 37.3 Å². The lowest BCUT2D eigenvalue weighted by molar-refractivity contribution is -0.0222. The standard InChI is InChI=1S/C28H36F2N8O3S/c1-18-15-21(33-26(32-18)37-13-9-28(29,30)10-14-37)25-19(2)38(35-34-25)22-4-3-20(24(17-39)42(31,40)41)16-23(22)36-11-7-27(5-6-27)8-12-36/h3-4,15-16,24,39H,5-14,17H2,1-2H3,(H2,31,40,41). The summed E-state index contributed by atoms with van der Waals surface area (Å²) in [6.45, 7) is 5.05. The molecule has 3 aliphatic rings. The van der Waals surface area contributed by atoms with Gasteiger partial charge in [-0.2, -0.15) is 0 Å². The first-order valence-corrected chi connectivity index (χ1v) is 15.9. The molecule has 226 valence electrons. The second kappa shape index (κ2) is 10.5. The predicted molar refractivity (Wildman–Crippen MR) is 154 cm³/mol. The van der Waals surface area contributed by atoms with Crippen molar-refractivity contribution in [1.29, 1.82) is 0 Å². The number of sulfonamides is 1. The topological polar surface area (TPSA) is 143 Å². The van der Waals surface area contributed by atoms with Gasteiger partial charge in [-0.1, -0.05) is 11.3 Å². The third-order valence-electron chi connectivity index (χ3n) is 9.04. The molecule has 1 spiro atoms. The lowest BCUT2D eigenvalue weighted by Gasteiger charge is -2.35. The van der Waals surface area contributed by atoms with E-state index in [2.05, 4.69) is 25.2 Å². The number of piperidine rings is 2. The minimum atomic E-state index is -4.03. The molecule has 3 N–H and O–H groups in total. The van der Waals surface area contributed by atoms with Crippen LogP contribution in [0.1, 0.15) is 60.7 Å². The van der Waals surface area contributed by atoms with Crippen molar-refractivity contribution in [3.63, 3.8) is 0 Å². The summed E-state index contributed by atoms with van der Waals surface area (Å²) in [5.41, 5.74) is 4.83.